The third-order valence-electron chi connectivity index (χ3n) is 8.27. The summed E-state index contributed by atoms with van der Waals surface area (Å²) in [5, 5.41) is 32.9. The maximum Gasteiger partial charge on any atom is 0.140 e. The first-order valence-corrected chi connectivity index (χ1v) is 16.1. The van der Waals surface area contributed by atoms with Crippen molar-refractivity contribution in [1.82, 2.24) is 0 Å². The number of ether oxygens (including phenoxy) is 2. The van der Waals surface area contributed by atoms with Crippen molar-refractivity contribution in [1.29, 1.82) is 0 Å². The third kappa shape index (κ3) is 7.57. The van der Waals surface area contributed by atoms with Crippen LogP contribution in [0.15, 0.2) is 71.6 Å². The van der Waals surface area contributed by atoms with Crippen LogP contribution in [0.25, 0.3) is 0 Å². The van der Waals surface area contributed by atoms with Crippen LogP contribution in [0.1, 0.15) is 61.0 Å². The van der Waals surface area contributed by atoms with Gasteiger partial charge in [0.25, 0.3) is 0 Å². The highest BCUT2D eigenvalue weighted by molar-refractivity contribution is 7.99. The lowest BCUT2D eigenvalue weighted by Crippen LogP contribution is -2.54. The lowest BCUT2D eigenvalue weighted by Gasteiger charge is -2.41. The van der Waals surface area contributed by atoms with Gasteiger partial charge in [0.2, 0.25) is 0 Å². The Balaban J connectivity index is 1.23. The fourth-order valence-electron chi connectivity index (χ4n) is 5.84. The van der Waals surface area contributed by atoms with Crippen LogP contribution in [0.4, 0.5) is 0 Å². The van der Waals surface area contributed by atoms with E-state index in [1.54, 1.807) is 12.1 Å². The zero-order chi connectivity index (χ0) is 29.6. The highest BCUT2D eigenvalue weighted by atomic mass is 35.5. The van der Waals surface area contributed by atoms with Crippen LogP contribution in [0, 0.1) is 5.92 Å². The summed E-state index contributed by atoms with van der Waals surface area (Å²) < 4.78 is 11.8. The molecule has 1 saturated heterocycles. The van der Waals surface area contributed by atoms with Crippen molar-refractivity contribution >= 4 is 29.1 Å². The maximum absolute atomic E-state index is 12.5. The van der Waals surface area contributed by atoms with Gasteiger partial charge in [0.15, 0.2) is 0 Å². The number of benzene rings is 3. The number of carbonyl (C=O) groups excluding carboxylic acids is 1. The molecule has 0 spiro atoms. The highest BCUT2D eigenvalue weighted by Gasteiger charge is 2.44. The number of aliphatic hydroxyl groups is 3. The summed E-state index contributed by atoms with van der Waals surface area (Å²) in [6, 6.07) is 21.2. The van der Waals surface area contributed by atoms with Crippen molar-refractivity contribution < 1.29 is 29.6 Å². The molecular formula is C34H39ClO6S. The van der Waals surface area contributed by atoms with Crippen LogP contribution in [0.3, 0.4) is 0 Å². The number of hydrogen-bond acceptors (Lipinski definition) is 7. The van der Waals surface area contributed by atoms with Gasteiger partial charge in [-0.25, -0.2) is 0 Å². The topological polar surface area (TPSA) is 96.2 Å². The molecule has 42 heavy (non-hydrogen) atoms. The molecule has 0 amide bonds. The van der Waals surface area contributed by atoms with Gasteiger partial charge in [-0.05, 0) is 78.8 Å². The van der Waals surface area contributed by atoms with E-state index < -0.39 is 30.5 Å². The number of ketones is 1. The summed E-state index contributed by atoms with van der Waals surface area (Å²) in [7, 11) is 0. The molecule has 0 aromatic heterocycles. The average Bonchev–Trinajstić information content (AvgIpc) is 3.54. The second kappa shape index (κ2) is 14.4. The summed E-state index contributed by atoms with van der Waals surface area (Å²) in [5.41, 5.74) is 3.62. The van der Waals surface area contributed by atoms with Crippen LogP contribution in [0.2, 0.25) is 5.02 Å². The monoisotopic (exact) mass is 610 g/mol. The number of halogens is 1. The van der Waals surface area contributed by atoms with E-state index in [9.17, 15) is 20.1 Å². The van der Waals surface area contributed by atoms with Crippen LogP contribution < -0.4 is 4.74 Å². The Bertz CT molecular complexity index is 1320. The Morgan fingerprint density at radius 1 is 0.929 bits per heavy atom. The Hall–Kier alpha value is -2.39. The largest absolute Gasteiger partial charge is 0.494 e. The number of rotatable bonds is 11. The van der Waals surface area contributed by atoms with Gasteiger partial charge < -0.3 is 24.8 Å². The molecule has 1 aliphatic carbocycles. The highest BCUT2D eigenvalue weighted by Crippen LogP contribution is 2.36. The van der Waals surface area contributed by atoms with E-state index in [-0.39, 0.29) is 5.92 Å². The van der Waals surface area contributed by atoms with Gasteiger partial charge >= 0.3 is 0 Å². The maximum atomic E-state index is 12.5. The van der Waals surface area contributed by atoms with Crippen LogP contribution in [-0.4, -0.2) is 57.9 Å². The molecule has 6 nitrogen and oxygen atoms in total. The Morgan fingerprint density at radius 2 is 1.62 bits per heavy atom. The predicted molar refractivity (Wildman–Crippen MR) is 165 cm³/mol. The molecule has 3 aromatic carbocycles. The van der Waals surface area contributed by atoms with Crippen LogP contribution in [-0.2, 0) is 22.4 Å². The fraction of sp³-hybridized carbons (Fsp3) is 0.441. The third-order valence-corrected chi connectivity index (χ3v) is 9.74. The average molecular weight is 611 g/mol. The molecule has 5 rings (SSSR count). The molecule has 1 heterocycles. The summed E-state index contributed by atoms with van der Waals surface area (Å²) >= 11 is 8.03. The lowest BCUT2D eigenvalue weighted by molar-refractivity contribution is -0.218. The van der Waals surface area contributed by atoms with Gasteiger partial charge in [-0.15, -0.1) is 11.8 Å². The van der Waals surface area contributed by atoms with Crippen molar-refractivity contribution in [2.75, 3.05) is 12.4 Å². The fourth-order valence-corrected chi connectivity index (χ4v) is 6.98. The number of carbonyl (C=O) groups is 1. The summed E-state index contributed by atoms with van der Waals surface area (Å²) in [6.45, 7) is 2.55. The zero-order valence-corrected chi connectivity index (χ0v) is 25.4. The molecule has 2 aliphatic rings. The van der Waals surface area contributed by atoms with E-state index in [1.807, 2.05) is 61.5 Å². The second-order valence-corrected chi connectivity index (χ2v) is 12.8. The van der Waals surface area contributed by atoms with Gasteiger partial charge in [-0.2, -0.15) is 0 Å². The minimum atomic E-state index is -1.36. The second-order valence-electron chi connectivity index (χ2n) is 11.3. The Kier molecular flexibility index (Phi) is 10.6. The normalized spacial score (nSPS) is 24.5. The van der Waals surface area contributed by atoms with Crippen molar-refractivity contribution in [3.05, 3.63) is 94.0 Å². The van der Waals surface area contributed by atoms with E-state index >= 15 is 0 Å². The molecule has 0 radical (unpaired) electrons. The van der Waals surface area contributed by atoms with Gasteiger partial charge in [-0.1, -0.05) is 60.8 Å². The first kappa shape index (κ1) is 31.0. The molecule has 1 saturated carbocycles. The smallest absolute Gasteiger partial charge is 0.140 e. The van der Waals surface area contributed by atoms with Crippen LogP contribution in [0.5, 0.6) is 5.75 Å². The van der Waals surface area contributed by atoms with Crippen molar-refractivity contribution in [2.24, 2.45) is 5.92 Å². The molecule has 5 atom stereocenters. The van der Waals surface area contributed by atoms with E-state index in [2.05, 4.69) is 0 Å². The molecule has 8 heteroatoms. The minimum absolute atomic E-state index is 0.211. The molecule has 2 fully saturated rings. The molecule has 3 N–H and O–H groups in total. The Morgan fingerprint density at radius 3 is 2.31 bits per heavy atom. The lowest BCUT2D eigenvalue weighted by atomic mass is 9.90. The van der Waals surface area contributed by atoms with Crippen LogP contribution >= 0.6 is 23.4 Å². The quantitative estimate of drug-likeness (QED) is 0.231. The number of thioether (sulfide) groups is 1. The van der Waals surface area contributed by atoms with E-state index in [0.717, 1.165) is 53.0 Å². The van der Waals surface area contributed by atoms with Crippen molar-refractivity contribution in [3.8, 4) is 5.75 Å². The summed E-state index contributed by atoms with van der Waals surface area (Å²) in [4.78, 5) is 13.5. The minimum Gasteiger partial charge on any atom is -0.494 e. The number of Topliss-reactive ketones (excluding diaryl/α,β-unsaturated/α-hetero) is 1. The summed E-state index contributed by atoms with van der Waals surface area (Å²) in [5.74, 6) is 1.73. The van der Waals surface area contributed by atoms with E-state index in [1.165, 1.54) is 11.8 Å². The van der Waals surface area contributed by atoms with Crippen molar-refractivity contribution in [2.45, 2.75) is 80.9 Å². The summed E-state index contributed by atoms with van der Waals surface area (Å²) in [6.07, 6.45) is -0.0452. The van der Waals surface area contributed by atoms with E-state index in [4.69, 9.17) is 21.1 Å². The molecule has 0 unspecified atom stereocenters. The first-order valence-electron chi connectivity index (χ1n) is 14.8. The first-order chi connectivity index (χ1) is 20.3. The number of aliphatic hydroxyl groups excluding tert-OH is 3. The molecule has 1 aliphatic heterocycles. The van der Waals surface area contributed by atoms with E-state index in [0.29, 0.717) is 41.6 Å². The van der Waals surface area contributed by atoms with Gasteiger partial charge in [0.05, 0.1) is 12.7 Å². The van der Waals surface area contributed by atoms with Gasteiger partial charge in [-0.3, -0.25) is 4.79 Å². The molecule has 3 aromatic rings. The predicted octanol–water partition coefficient (Wildman–Crippen LogP) is 5.95. The standard InChI is InChI=1S/C34H39ClO6S/c1-2-40-26-12-7-21(8-13-26)17-25-19-24(11-16-28(25)35)34-33(39)32(38)31(37)30(41-34)20-42-27-14-9-22(10-15-27)18-29(36)23-5-3-4-6-23/h7-16,19,23,30-34,37-39H,2-6,17-18,20H2,1H3/t30-,31-,32+,33-,34+/m1/s1. The number of hydrogen-bond donors (Lipinski definition) is 3. The molecule has 0 bridgehead atoms. The zero-order valence-electron chi connectivity index (χ0n) is 23.8. The van der Waals surface area contributed by atoms with Crippen molar-refractivity contribution in [3.63, 3.8) is 0 Å². The molecule has 224 valence electrons. The molecular weight excluding hydrogens is 572 g/mol. The van der Waals surface area contributed by atoms with Gasteiger partial charge in [0, 0.05) is 28.0 Å². The SMILES string of the molecule is CCOc1ccc(Cc2cc([C@@H]3O[C@H](CSc4ccc(CC(=O)C5CCCC5)cc4)[C@@H](O)[C@H](O)[C@H]3O)ccc2Cl)cc1. The Labute approximate surface area is 257 Å². The van der Waals surface area contributed by atoms with Gasteiger partial charge in [0.1, 0.15) is 35.9 Å².